The molecule has 0 saturated carbocycles. The zero-order valence-electron chi connectivity index (χ0n) is 14.2. The molecule has 3 amide bonds. The number of fused-ring (bicyclic) bond motifs is 1. The molecule has 2 aromatic rings. The summed E-state index contributed by atoms with van der Waals surface area (Å²) in [6.45, 7) is 2.16. The molecule has 3 rings (SSSR count). The lowest BCUT2D eigenvalue weighted by Gasteiger charge is -2.12. The molecule has 0 saturated heterocycles. The SMILES string of the molecule is CCCN1C(=O)c2ccc(C(=O)Nc3ccc(Br)cc3C(=O)[O-])cc2C1=O. The number of carbonyl (C=O) groups excluding carboxylic acids is 4. The van der Waals surface area contributed by atoms with Gasteiger partial charge in [-0.2, -0.15) is 0 Å². The minimum absolute atomic E-state index is 0.0683. The summed E-state index contributed by atoms with van der Waals surface area (Å²) in [5.74, 6) is -2.85. The van der Waals surface area contributed by atoms with Gasteiger partial charge in [-0.15, -0.1) is 0 Å². The maximum Gasteiger partial charge on any atom is 0.261 e. The number of benzene rings is 2. The van der Waals surface area contributed by atoms with Gasteiger partial charge in [0.25, 0.3) is 17.7 Å². The molecular weight excluding hydrogens is 416 g/mol. The minimum Gasteiger partial charge on any atom is -0.545 e. The molecule has 0 aromatic heterocycles. The first kappa shape index (κ1) is 18.8. The summed E-state index contributed by atoms with van der Waals surface area (Å²) >= 11 is 3.16. The van der Waals surface area contributed by atoms with E-state index in [2.05, 4.69) is 21.2 Å². The van der Waals surface area contributed by atoms with Crippen LogP contribution in [0.3, 0.4) is 0 Å². The minimum atomic E-state index is -1.43. The van der Waals surface area contributed by atoms with Crippen molar-refractivity contribution in [2.75, 3.05) is 11.9 Å². The number of hydrogen-bond donors (Lipinski definition) is 1. The second-order valence-corrected chi connectivity index (χ2v) is 6.87. The second-order valence-electron chi connectivity index (χ2n) is 5.95. The average molecular weight is 430 g/mol. The van der Waals surface area contributed by atoms with Crippen LogP contribution in [0.4, 0.5) is 5.69 Å². The van der Waals surface area contributed by atoms with Gasteiger partial charge in [-0.1, -0.05) is 22.9 Å². The first-order valence-corrected chi connectivity index (χ1v) is 8.95. The third-order valence-corrected chi connectivity index (χ3v) is 4.62. The Labute approximate surface area is 163 Å². The summed E-state index contributed by atoms with van der Waals surface area (Å²) < 4.78 is 0.525. The van der Waals surface area contributed by atoms with Crippen molar-refractivity contribution in [3.05, 3.63) is 63.1 Å². The number of imide groups is 1. The van der Waals surface area contributed by atoms with Gasteiger partial charge >= 0.3 is 0 Å². The Morgan fingerprint density at radius 3 is 2.44 bits per heavy atom. The highest BCUT2D eigenvalue weighted by Gasteiger charge is 2.35. The van der Waals surface area contributed by atoms with Crippen molar-refractivity contribution in [3.63, 3.8) is 0 Å². The van der Waals surface area contributed by atoms with Crippen LogP contribution in [0.25, 0.3) is 0 Å². The standard InChI is InChI=1S/C19H15BrN2O5/c1-2-7-22-17(24)12-5-3-10(8-13(12)18(22)25)16(23)21-15-6-4-11(20)9-14(15)19(26)27/h3-6,8-9H,2,7H2,1H3,(H,21,23)(H,26,27)/p-1. The van der Waals surface area contributed by atoms with Gasteiger partial charge in [-0.3, -0.25) is 19.3 Å². The van der Waals surface area contributed by atoms with Crippen molar-refractivity contribution < 1.29 is 24.3 Å². The first-order chi connectivity index (χ1) is 12.8. The predicted molar refractivity (Wildman–Crippen MR) is 98.5 cm³/mol. The monoisotopic (exact) mass is 429 g/mol. The maximum atomic E-state index is 12.5. The number of carbonyl (C=O) groups is 4. The Kier molecular flexibility index (Phi) is 5.09. The first-order valence-electron chi connectivity index (χ1n) is 8.16. The third kappa shape index (κ3) is 3.48. The number of anilines is 1. The number of halogens is 1. The molecule has 0 radical (unpaired) electrons. The molecule has 0 fully saturated rings. The van der Waals surface area contributed by atoms with E-state index in [9.17, 15) is 24.3 Å². The van der Waals surface area contributed by atoms with Crippen molar-refractivity contribution in [3.8, 4) is 0 Å². The molecule has 138 valence electrons. The molecule has 8 heteroatoms. The van der Waals surface area contributed by atoms with Crippen molar-refractivity contribution in [1.29, 1.82) is 0 Å². The summed E-state index contributed by atoms with van der Waals surface area (Å²) in [6.07, 6.45) is 0.633. The zero-order valence-corrected chi connectivity index (χ0v) is 15.8. The normalized spacial score (nSPS) is 12.9. The van der Waals surface area contributed by atoms with Crippen LogP contribution in [0.1, 0.15) is 54.8 Å². The van der Waals surface area contributed by atoms with E-state index in [1.54, 1.807) is 6.07 Å². The van der Waals surface area contributed by atoms with Crippen LogP contribution in [0, 0.1) is 0 Å². The van der Waals surface area contributed by atoms with Crippen LogP contribution in [-0.4, -0.2) is 35.1 Å². The predicted octanol–water partition coefficient (Wildman–Crippen LogP) is 2.07. The molecule has 1 aliphatic heterocycles. The number of nitrogens with one attached hydrogen (secondary N) is 1. The van der Waals surface area contributed by atoms with E-state index in [4.69, 9.17) is 0 Å². The molecule has 2 aromatic carbocycles. The van der Waals surface area contributed by atoms with Gasteiger partial charge < -0.3 is 15.2 Å². The number of carboxylic acids is 1. The molecule has 0 unspecified atom stereocenters. The lowest BCUT2D eigenvalue weighted by Crippen LogP contribution is -2.30. The van der Waals surface area contributed by atoms with Gasteiger partial charge in [0.2, 0.25) is 0 Å². The van der Waals surface area contributed by atoms with E-state index in [-0.39, 0.29) is 33.8 Å². The zero-order chi connectivity index (χ0) is 19.7. The number of hydrogen-bond acceptors (Lipinski definition) is 5. The molecule has 0 atom stereocenters. The Hall–Kier alpha value is -3.00. The Morgan fingerprint density at radius 2 is 1.78 bits per heavy atom. The van der Waals surface area contributed by atoms with Crippen molar-refractivity contribution in [1.82, 2.24) is 4.90 Å². The van der Waals surface area contributed by atoms with Gasteiger partial charge in [0.15, 0.2) is 0 Å². The van der Waals surface area contributed by atoms with E-state index in [0.29, 0.717) is 17.4 Å². The molecular formula is C19H14BrN2O5-. The number of carboxylic acid groups (broad SMARTS) is 1. The molecule has 1 N–H and O–H groups in total. The third-order valence-electron chi connectivity index (χ3n) is 4.13. The second kappa shape index (κ2) is 7.32. The van der Waals surface area contributed by atoms with Gasteiger partial charge in [-0.25, -0.2) is 0 Å². The fraction of sp³-hybridized carbons (Fsp3) is 0.158. The molecule has 27 heavy (non-hydrogen) atoms. The van der Waals surface area contributed by atoms with Crippen molar-refractivity contribution in [2.45, 2.75) is 13.3 Å². The number of rotatable bonds is 5. The highest BCUT2D eigenvalue weighted by Crippen LogP contribution is 2.25. The highest BCUT2D eigenvalue weighted by molar-refractivity contribution is 9.10. The van der Waals surface area contributed by atoms with Crippen LogP contribution in [0.5, 0.6) is 0 Å². The topological polar surface area (TPSA) is 107 Å². The quantitative estimate of drug-likeness (QED) is 0.732. The maximum absolute atomic E-state index is 12.5. The molecule has 0 bridgehead atoms. The average Bonchev–Trinajstić information content (AvgIpc) is 2.87. The molecule has 0 spiro atoms. The van der Waals surface area contributed by atoms with Gasteiger partial charge in [0.1, 0.15) is 0 Å². The Morgan fingerprint density at radius 1 is 1.07 bits per heavy atom. The molecule has 7 nitrogen and oxygen atoms in total. The van der Waals surface area contributed by atoms with Crippen LogP contribution >= 0.6 is 15.9 Å². The Balaban J connectivity index is 1.90. The van der Waals surface area contributed by atoms with Crippen LogP contribution in [-0.2, 0) is 0 Å². The number of aromatic carboxylic acids is 1. The van der Waals surface area contributed by atoms with E-state index in [0.717, 1.165) is 4.90 Å². The molecule has 0 aliphatic carbocycles. The summed E-state index contributed by atoms with van der Waals surface area (Å²) in [5.41, 5.74) is 0.444. The highest BCUT2D eigenvalue weighted by atomic mass is 79.9. The van der Waals surface area contributed by atoms with Gasteiger partial charge in [-0.05, 0) is 42.8 Å². The summed E-state index contributed by atoms with van der Waals surface area (Å²) in [7, 11) is 0. The van der Waals surface area contributed by atoms with E-state index >= 15 is 0 Å². The number of nitrogens with zero attached hydrogens (tertiary/aromatic N) is 1. The summed E-state index contributed by atoms with van der Waals surface area (Å²) in [5, 5.41) is 13.7. The van der Waals surface area contributed by atoms with E-state index < -0.39 is 17.8 Å². The summed E-state index contributed by atoms with van der Waals surface area (Å²) in [4.78, 5) is 49.6. The summed E-state index contributed by atoms with van der Waals surface area (Å²) in [6, 6.07) is 8.53. The van der Waals surface area contributed by atoms with Crippen LogP contribution < -0.4 is 10.4 Å². The van der Waals surface area contributed by atoms with Crippen molar-refractivity contribution >= 4 is 45.3 Å². The van der Waals surface area contributed by atoms with Crippen LogP contribution in [0.15, 0.2) is 40.9 Å². The van der Waals surface area contributed by atoms with Gasteiger partial charge in [0.05, 0.1) is 22.8 Å². The van der Waals surface area contributed by atoms with Crippen LogP contribution in [0.2, 0.25) is 0 Å². The van der Waals surface area contributed by atoms with E-state index in [1.165, 1.54) is 30.3 Å². The number of amides is 3. The molecule has 1 aliphatic rings. The van der Waals surface area contributed by atoms with Crippen molar-refractivity contribution in [2.24, 2.45) is 0 Å². The fourth-order valence-electron chi connectivity index (χ4n) is 2.85. The fourth-order valence-corrected chi connectivity index (χ4v) is 3.21. The Bertz CT molecular complexity index is 986. The lowest BCUT2D eigenvalue weighted by atomic mass is 10.0. The van der Waals surface area contributed by atoms with E-state index in [1.807, 2.05) is 6.92 Å². The smallest absolute Gasteiger partial charge is 0.261 e. The molecule has 1 heterocycles. The van der Waals surface area contributed by atoms with Gasteiger partial charge in [0, 0.05) is 22.1 Å². The lowest BCUT2D eigenvalue weighted by molar-refractivity contribution is -0.254. The largest absolute Gasteiger partial charge is 0.545 e.